The molecule has 0 amide bonds. The Morgan fingerprint density at radius 3 is 2.32 bits per heavy atom. The zero-order valence-electron chi connectivity index (χ0n) is 12.6. The van der Waals surface area contributed by atoms with Crippen molar-refractivity contribution in [2.24, 2.45) is 53.3 Å². The summed E-state index contributed by atoms with van der Waals surface area (Å²) in [5, 5.41) is 0. The summed E-state index contributed by atoms with van der Waals surface area (Å²) < 4.78 is 0. The molecule has 19 heavy (non-hydrogen) atoms. The van der Waals surface area contributed by atoms with Crippen LogP contribution in [0.5, 0.6) is 0 Å². The highest BCUT2D eigenvalue weighted by molar-refractivity contribution is 5.05. The van der Waals surface area contributed by atoms with Crippen LogP contribution >= 0.6 is 0 Å². The van der Waals surface area contributed by atoms with Crippen LogP contribution < -0.4 is 0 Å². The summed E-state index contributed by atoms with van der Waals surface area (Å²) in [6.07, 6.45) is 14.5. The summed E-state index contributed by atoms with van der Waals surface area (Å²) in [6.45, 7) is 2.64. The minimum atomic E-state index is 1.07. The van der Waals surface area contributed by atoms with E-state index in [1.165, 1.54) is 29.6 Å². The van der Waals surface area contributed by atoms with E-state index in [-0.39, 0.29) is 0 Å². The van der Waals surface area contributed by atoms with Crippen molar-refractivity contribution in [2.45, 2.75) is 64.7 Å². The third-order valence-electron chi connectivity index (χ3n) is 8.64. The average molecular weight is 258 g/mol. The standard InChI is InChI=1S/C19H30/c1-11-13-3-2-12(8-13)9-18(11)17-7-6-16-14-4-5-15(10-14)19(16)17/h11-19H,2-10H2,1H3. The monoisotopic (exact) mass is 258 g/mol. The van der Waals surface area contributed by atoms with Crippen LogP contribution in [-0.4, -0.2) is 0 Å². The van der Waals surface area contributed by atoms with Crippen LogP contribution in [0, 0.1) is 53.3 Å². The first-order chi connectivity index (χ1) is 9.31. The van der Waals surface area contributed by atoms with Crippen molar-refractivity contribution in [1.82, 2.24) is 0 Å². The Labute approximate surface area is 118 Å². The van der Waals surface area contributed by atoms with Gasteiger partial charge in [0.2, 0.25) is 0 Å². The molecule has 5 saturated carbocycles. The number of rotatable bonds is 1. The van der Waals surface area contributed by atoms with Crippen LogP contribution in [0.1, 0.15) is 64.7 Å². The van der Waals surface area contributed by atoms with Crippen LogP contribution in [0.15, 0.2) is 0 Å². The van der Waals surface area contributed by atoms with Gasteiger partial charge in [-0.05, 0) is 105 Å². The molecule has 0 heteroatoms. The second-order valence-corrected chi connectivity index (χ2v) is 9.01. The first-order valence-electron chi connectivity index (χ1n) is 9.31. The van der Waals surface area contributed by atoms with Crippen LogP contribution in [0.2, 0.25) is 0 Å². The molecule has 0 spiro atoms. The fourth-order valence-corrected chi connectivity index (χ4v) is 7.95. The van der Waals surface area contributed by atoms with Gasteiger partial charge in [-0.25, -0.2) is 0 Å². The lowest BCUT2D eigenvalue weighted by Gasteiger charge is -2.42. The van der Waals surface area contributed by atoms with E-state index in [1.54, 1.807) is 57.8 Å². The van der Waals surface area contributed by atoms with Crippen molar-refractivity contribution in [1.29, 1.82) is 0 Å². The minimum absolute atomic E-state index is 1.07. The Morgan fingerprint density at radius 1 is 0.579 bits per heavy atom. The zero-order valence-corrected chi connectivity index (χ0v) is 12.6. The van der Waals surface area contributed by atoms with Gasteiger partial charge in [-0.2, -0.15) is 0 Å². The van der Waals surface area contributed by atoms with Crippen molar-refractivity contribution >= 4 is 0 Å². The predicted molar refractivity (Wildman–Crippen MR) is 78.6 cm³/mol. The van der Waals surface area contributed by atoms with E-state index in [0.717, 1.165) is 23.7 Å². The summed E-state index contributed by atoms with van der Waals surface area (Å²) in [7, 11) is 0. The first-order valence-corrected chi connectivity index (χ1v) is 9.31. The molecule has 5 fully saturated rings. The van der Waals surface area contributed by atoms with Gasteiger partial charge in [0, 0.05) is 0 Å². The molecule has 0 aliphatic heterocycles. The van der Waals surface area contributed by atoms with Crippen molar-refractivity contribution < 1.29 is 0 Å². The lowest BCUT2D eigenvalue weighted by molar-refractivity contribution is 0.0674. The highest BCUT2D eigenvalue weighted by Gasteiger charge is 2.56. The number of fused-ring (bicyclic) bond motifs is 7. The number of hydrogen-bond donors (Lipinski definition) is 0. The lowest BCUT2D eigenvalue weighted by atomic mass is 9.63. The summed E-state index contributed by atoms with van der Waals surface area (Å²) in [5.74, 6) is 10.4. The van der Waals surface area contributed by atoms with Gasteiger partial charge < -0.3 is 0 Å². The molecule has 0 aromatic rings. The smallest absolute Gasteiger partial charge is 0.0323 e. The highest BCUT2D eigenvalue weighted by Crippen LogP contribution is 2.64. The maximum Gasteiger partial charge on any atom is -0.0323 e. The maximum absolute atomic E-state index is 2.64. The molecular weight excluding hydrogens is 228 g/mol. The van der Waals surface area contributed by atoms with Gasteiger partial charge in [0.1, 0.15) is 0 Å². The lowest BCUT2D eigenvalue weighted by Crippen LogP contribution is -2.35. The summed E-state index contributed by atoms with van der Waals surface area (Å²) >= 11 is 0. The quantitative estimate of drug-likeness (QED) is 0.611. The molecule has 0 saturated heterocycles. The van der Waals surface area contributed by atoms with Gasteiger partial charge in [0.25, 0.3) is 0 Å². The van der Waals surface area contributed by atoms with Crippen LogP contribution in [0.3, 0.4) is 0 Å². The van der Waals surface area contributed by atoms with Gasteiger partial charge in [-0.3, -0.25) is 0 Å². The van der Waals surface area contributed by atoms with Gasteiger partial charge in [-0.15, -0.1) is 0 Å². The fourth-order valence-electron chi connectivity index (χ4n) is 7.95. The van der Waals surface area contributed by atoms with Gasteiger partial charge in [0.05, 0.1) is 0 Å². The maximum atomic E-state index is 2.64. The van der Waals surface area contributed by atoms with E-state index >= 15 is 0 Å². The molecule has 5 rings (SSSR count). The van der Waals surface area contributed by atoms with Gasteiger partial charge >= 0.3 is 0 Å². The molecule has 106 valence electrons. The van der Waals surface area contributed by atoms with Crippen molar-refractivity contribution in [2.75, 3.05) is 0 Å². The third-order valence-corrected chi connectivity index (χ3v) is 8.64. The number of hydrogen-bond acceptors (Lipinski definition) is 0. The molecule has 0 aromatic carbocycles. The second-order valence-electron chi connectivity index (χ2n) is 9.01. The third kappa shape index (κ3) is 1.52. The Bertz CT molecular complexity index is 372. The molecular formula is C19H30. The Hall–Kier alpha value is 0. The summed E-state index contributed by atoms with van der Waals surface area (Å²) in [4.78, 5) is 0. The summed E-state index contributed by atoms with van der Waals surface area (Å²) in [6, 6.07) is 0. The molecule has 0 radical (unpaired) electrons. The van der Waals surface area contributed by atoms with Gasteiger partial charge in [-0.1, -0.05) is 13.3 Å². The largest absolute Gasteiger partial charge is 0.0620 e. The predicted octanol–water partition coefficient (Wildman–Crippen LogP) is 5.13. The molecule has 0 aromatic heterocycles. The van der Waals surface area contributed by atoms with E-state index in [4.69, 9.17) is 0 Å². The van der Waals surface area contributed by atoms with Crippen molar-refractivity contribution in [3.05, 3.63) is 0 Å². The van der Waals surface area contributed by atoms with Crippen LogP contribution in [0.25, 0.3) is 0 Å². The van der Waals surface area contributed by atoms with Crippen LogP contribution in [0.4, 0.5) is 0 Å². The molecule has 0 heterocycles. The van der Waals surface area contributed by atoms with E-state index in [0.29, 0.717) is 0 Å². The van der Waals surface area contributed by atoms with Crippen molar-refractivity contribution in [3.8, 4) is 0 Å². The van der Waals surface area contributed by atoms with E-state index in [2.05, 4.69) is 6.92 Å². The zero-order chi connectivity index (χ0) is 12.6. The molecule has 0 N–H and O–H groups in total. The second kappa shape index (κ2) is 4.01. The average Bonchev–Trinajstić information content (AvgIpc) is 3.15. The van der Waals surface area contributed by atoms with Crippen LogP contribution in [-0.2, 0) is 0 Å². The van der Waals surface area contributed by atoms with E-state index in [1.807, 2.05) is 0 Å². The molecule has 0 nitrogen and oxygen atoms in total. The highest BCUT2D eigenvalue weighted by atomic mass is 14.6. The Kier molecular flexibility index (Phi) is 2.46. The molecule has 5 aliphatic rings. The van der Waals surface area contributed by atoms with E-state index in [9.17, 15) is 0 Å². The Balaban J connectivity index is 1.41. The normalized spacial score (nSPS) is 62.7. The fraction of sp³-hybridized carbons (Fsp3) is 1.00. The van der Waals surface area contributed by atoms with Gasteiger partial charge in [0.15, 0.2) is 0 Å². The van der Waals surface area contributed by atoms with E-state index < -0.39 is 0 Å². The first kappa shape index (κ1) is 11.6. The topological polar surface area (TPSA) is 0 Å². The molecule has 9 atom stereocenters. The van der Waals surface area contributed by atoms with Crippen molar-refractivity contribution in [3.63, 3.8) is 0 Å². The summed E-state index contributed by atoms with van der Waals surface area (Å²) in [5.41, 5.74) is 0. The molecule has 4 bridgehead atoms. The SMILES string of the molecule is CC1C2CCC(C2)CC1C1CCC2C3CCC(C3)C21. The Morgan fingerprint density at radius 2 is 1.37 bits per heavy atom. The minimum Gasteiger partial charge on any atom is -0.0620 e. The molecule has 9 unspecified atom stereocenters. The molecule has 5 aliphatic carbocycles.